The molecule has 0 unspecified atom stereocenters. The molecule has 1 fully saturated rings. The third kappa shape index (κ3) is 3.03. The van der Waals surface area contributed by atoms with Gasteiger partial charge in [0.15, 0.2) is 0 Å². The maximum atomic E-state index is 13.8. The predicted molar refractivity (Wildman–Crippen MR) is 105 cm³/mol. The van der Waals surface area contributed by atoms with E-state index in [1.54, 1.807) is 6.92 Å². The fourth-order valence-electron chi connectivity index (χ4n) is 3.15. The van der Waals surface area contributed by atoms with E-state index in [4.69, 9.17) is 10.8 Å². The minimum absolute atomic E-state index is 0.0617. The van der Waals surface area contributed by atoms with E-state index in [2.05, 4.69) is 20.3 Å². The van der Waals surface area contributed by atoms with E-state index < -0.39 is 11.8 Å². The first-order valence-corrected chi connectivity index (χ1v) is 9.38. The number of thioether (sulfide) groups is 1. The van der Waals surface area contributed by atoms with Gasteiger partial charge in [0.1, 0.15) is 17.2 Å². The van der Waals surface area contributed by atoms with Crippen molar-refractivity contribution in [2.75, 3.05) is 23.3 Å². The van der Waals surface area contributed by atoms with Gasteiger partial charge >= 0.3 is 0 Å². The Morgan fingerprint density at radius 3 is 2.71 bits per heavy atom. The Bertz CT molecular complexity index is 1030. The van der Waals surface area contributed by atoms with E-state index >= 15 is 0 Å². The summed E-state index contributed by atoms with van der Waals surface area (Å²) in [7, 11) is 0. The van der Waals surface area contributed by atoms with Crippen LogP contribution in [0.25, 0.3) is 5.57 Å². The average Bonchev–Trinajstić information content (AvgIpc) is 2.96. The molecule has 0 amide bonds. The summed E-state index contributed by atoms with van der Waals surface area (Å²) in [5.74, 6) is -1.40. The van der Waals surface area contributed by atoms with Crippen LogP contribution in [-0.2, 0) is 0 Å². The molecule has 0 atom stereocenters. The van der Waals surface area contributed by atoms with Crippen LogP contribution in [0.5, 0.6) is 0 Å². The summed E-state index contributed by atoms with van der Waals surface area (Å²) in [5, 5.41) is 19.5. The number of anilines is 2. The molecule has 0 bridgehead atoms. The maximum Gasteiger partial charge on any atom is 0.251 e. The number of aromatic nitrogens is 3. The molecule has 7 nitrogen and oxygen atoms in total. The summed E-state index contributed by atoms with van der Waals surface area (Å²) in [6.45, 7) is 4.62. The zero-order valence-electron chi connectivity index (χ0n) is 15.2. The van der Waals surface area contributed by atoms with Gasteiger partial charge in [-0.2, -0.15) is 8.78 Å². The number of nitrogens with zero attached hydrogens (tertiary/aromatic N) is 4. The third-order valence-corrected chi connectivity index (χ3v) is 5.77. The lowest BCUT2D eigenvalue weighted by atomic mass is 10.0. The highest BCUT2D eigenvalue weighted by molar-refractivity contribution is 8.15. The summed E-state index contributed by atoms with van der Waals surface area (Å²) in [6.07, 6.45) is 2.68. The van der Waals surface area contributed by atoms with Crippen LogP contribution in [0, 0.1) is 22.6 Å². The zero-order chi connectivity index (χ0) is 20.0. The van der Waals surface area contributed by atoms with Crippen LogP contribution in [0.15, 0.2) is 29.1 Å². The highest BCUT2D eigenvalue weighted by Crippen LogP contribution is 2.45. The van der Waals surface area contributed by atoms with Crippen molar-refractivity contribution in [3.63, 3.8) is 0 Å². The molecule has 4 heterocycles. The van der Waals surface area contributed by atoms with Gasteiger partial charge < -0.3 is 15.6 Å². The molecule has 28 heavy (non-hydrogen) atoms. The molecule has 2 aliphatic rings. The second-order valence-corrected chi connectivity index (χ2v) is 7.66. The normalized spacial score (nSPS) is 18.0. The van der Waals surface area contributed by atoms with E-state index in [-0.39, 0.29) is 11.7 Å². The Labute approximate surface area is 164 Å². The number of nitrogens with one attached hydrogen (secondary N) is 3. The number of halogens is 2. The molecule has 2 aliphatic heterocycles. The minimum Gasteiger partial charge on any atom is -0.376 e. The van der Waals surface area contributed by atoms with Crippen molar-refractivity contribution in [2.24, 2.45) is 0 Å². The summed E-state index contributed by atoms with van der Waals surface area (Å²) in [4.78, 5) is 14.8. The number of rotatable bonds is 4. The van der Waals surface area contributed by atoms with Gasteiger partial charge in [0.25, 0.3) is 5.95 Å². The average molecular weight is 401 g/mol. The van der Waals surface area contributed by atoms with Crippen LogP contribution in [0.4, 0.5) is 20.3 Å². The van der Waals surface area contributed by atoms with Gasteiger partial charge in [-0.3, -0.25) is 5.41 Å². The number of pyridine rings is 1. The lowest BCUT2D eigenvalue weighted by Crippen LogP contribution is -2.55. The Hall–Kier alpha value is -2.88. The van der Waals surface area contributed by atoms with E-state index in [1.165, 1.54) is 30.4 Å². The second kappa shape index (κ2) is 6.93. The smallest absolute Gasteiger partial charge is 0.251 e. The van der Waals surface area contributed by atoms with Crippen molar-refractivity contribution in [3.05, 3.63) is 41.6 Å². The van der Waals surface area contributed by atoms with Gasteiger partial charge in [-0.1, -0.05) is 11.8 Å². The molecule has 4 rings (SSSR count). The molecule has 144 valence electrons. The lowest BCUT2D eigenvalue weighted by Gasteiger charge is -2.41. The number of allylic oxidation sites excluding steroid dienone is 1. The molecular weight excluding hydrogens is 384 g/mol. The Morgan fingerprint density at radius 2 is 2.00 bits per heavy atom. The van der Waals surface area contributed by atoms with Crippen molar-refractivity contribution in [3.8, 4) is 0 Å². The highest BCUT2D eigenvalue weighted by atomic mass is 32.2. The summed E-state index contributed by atoms with van der Waals surface area (Å²) in [6, 6.07) is 1.34. The van der Waals surface area contributed by atoms with E-state index in [0.717, 1.165) is 10.5 Å². The first-order valence-electron chi connectivity index (χ1n) is 8.56. The Morgan fingerprint density at radius 1 is 1.25 bits per heavy atom. The molecule has 3 N–H and O–H groups in total. The molecule has 2 aromatic heterocycles. The van der Waals surface area contributed by atoms with Crippen molar-refractivity contribution >= 4 is 39.6 Å². The SMILES string of the molecule is CC(=N)/C(C)=C1\C(=N)Sc2c1ncnc2N1CC(Nc2ccnc(F)c2F)C1. The first-order chi connectivity index (χ1) is 13.4. The Balaban J connectivity index is 1.54. The molecule has 0 spiro atoms. The van der Waals surface area contributed by atoms with Crippen LogP contribution in [0.3, 0.4) is 0 Å². The van der Waals surface area contributed by atoms with Crippen LogP contribution >= 0.6 is 11.8 Å². The van der Waals surface area contributed by atoms with Gasteiger partial charge in [-0.25, -0.2) is 15.0 Å². The van der Waals surface area contributed by atoms with Crippen LogP contribution in [0.1, 0.15) is 19.5 Å². The van der Waals surface area contributed by atoms with Gasteiger partial charge in [-0.05, 0) is 25.5 Å². The summed E-state index contributed by atoms with van der Waals surface area (Å²) >= 11 is 1.28. The van der Waals surface area contributed by atoms with Gasteiger partial charge in [0.2, 0.25) is 5.82 Å². The van der Waals surface area contributed by atoms with Crippen LogP contribution < -0.4 is 10.2 Å². The molecule has 10 heteroatoms. The topological polar surface area (TPSA) is 102 Å². The third-order valence-electron chi connectivity index (χ3n) is 4.78. The quantitative estimate of drug-likeness (QED) is 0.536. The van der Waals surface area contributed by atoms with Crippen LogP contribution in [0.2, 0.25) is 0 Å². The van der Waals surface area contributed by atoms with Gasteiger partial charge in [0.05, 0.1) is 22.3 Å². The first kappa shape index (κ1) is 18.5. The van der Waals surface area contributed by atoms with Crippen molar-refractivity contribution in [1.82, 2.24) is 15.0 Å². The van der Waals surface area contributed by atoms with Crippen molar-refractivity contribution in [2.45, 2.75) is 24.8 Å². The Kier molecular flexibility index (Phi) is 4.58. The largest absolute Gasteiger partial charge is 0.376 e. The van der Waals surface area contributed by atoms with Crippen molar-refractivity contribution in [1.29, 1.82) is 10.8 Å². The fourth-order valence-corrected chi connectivity index (χ4v) is 4.23. The minimum atomic E-state index is -1.12. The molecule has 0 aliphatic carbocycles. The van der Waals surface area contributed by atoms with Gasteiger partial charge in [0, 0.05) is 30.6 Å². The summed E-state index contributed by atoms with van der Waals surface area (Å²) in [5.41, 5.74) is 2.54. The zero-order valence-corrected chi connectivity index (χ0v) is 16.0. The monoisotopic (exact) mass is 401 g/mol. The molecule has 1 saturated heterocycles. The molecule has 0 radical (unpaired) electrons. The molecular formula is C18H17F2N7S. The predicted octanol–water partition coefficient (Wildman–Crippen LogP) is 3.35. The maximum absolute atomic E-state index is 13.8. The van der Waals surface area contributed by atoms with Crippen LogP contribution in [-0.4, -0.2) is 44.8 Å². The van der Waals surface area contributed by atoms with E-state index in [0.29, 0.717) is 40.9 Å². The number of hydrogen-bond donors (Lipinski definition) is 3. The van der Waals surface area contributed by atoms with Crippen molar-refractivity contribution < 1.29 is 8.78 Å². The van der Waals surface area contributed by atoms with E-state index in [1.807, 2.05) is 11.8 Å². The second-order valence-electron chi connectivity index (χ2n) is 6.64. The van der Waals surface area contributed by atoms with E-state index in [9.17, 15) is 8.78 Å². The standard InChI is InChI=1S/C18H17F2N7S/c1-8(9(2)21)12-14-15(28-17(12)22)18(25-7-24-14)27-5-10(6-27)26-11-3-4-23-16(20)13(11)19/h3-4,7,10,21-22H,5-6H2,1-2H3,(H,23,26)/b12-8-,21-9?,22-17?. The lowest BCUT2D eigenvalue weighted by molar-refractivity contribution is 0.476. The fraction of sp³-hybridized carbons (Fsp3) is 0.278. The molecule has 0 aromatic carbocycles. The number of hydrogen-bond acceptors (Lipinski definition) is 8. The highest BCUT2D eigenvalue weighted by Gasteiger charge is 2.35. The summed E-state index contributed by atoms with van der Waals surface area (Å²) < 4.78 is 27.0. The number of fused-ring (bicyclic) bond motifs is 1. The molecule has 2 aromatic rings. The van der Waals surface area contributed by atoms with Gasteiger partial charge in [-0.15, -0.1) is 0 Å². The molecule has 0 saturated carbocycles.